The number of halogens is 1. The Morgan fingerprint density at radius 1 is 1.29 bits per heavy atom. The fraction of sp³-hybridized carbons (Fsp3) is 0.417. The van der Waals surface area contributed by atoms with Gasteiger partial charge in [-0.3, -0.25) is 4.99 Å². The van der Waals surface area contributed by atoms with Crippen molar-refractivity contribution in [2.24, 2.45) is 4.99 Å². The second-order valence-corrected chi connectivity index (χ2v) is 4.46. The molecule has 0 atom stereocenters. The van der Waals surface area contributed by atoms with Crippen LogP contribution in [-0.2, 0) is 6.54 Å². The number of benzene rings is 1. The summed E-state index contributed by atoms with van der Waals surface area (Å²) in [5.74, 6) is 1.59. The molecule has 5 heteroatoms. The van der Waals surface area contributed by atoms with Gasteiger partial charge in [-0.1, -0.05) is 12.1 Å². The van der Waals surface area contributed by atoms with Crippen LogP contribution in [0.25, 0.3) is 0 Å². The van der Waals surface area contributed by atoms with Crippen molar-refractivity contribution >= 4 is 17.7 Å². The minimum Gasteiger partial charge on any atom is -0.356 e. The highest BCUT2D eigenvalue weighted by atomic mass is 32.2. The SMILES string of the molecule is CN=C(NCCSC)NCc1ccc(F)cc1. The van der Waals surface area contributed by atoms with E-state index in [1.165, 1.54) is 12.1 Å². The Morgan fingerprint density at radius 3 is 2.59 bits per heavy atom. The van der Waals surface area contributed by atoms with Crippen LogP contribution in [0.4, 0.5) is 4.39 Å². The molecule has 94 valence electrons. The van der Waals surface area contributed by atoms with E-state index >= 15 is 0 Å². The van der Waals surface area contributed by atoms with Crippen molar-refractivity contribution in [1.82, 2.24) is 10.6 Å². The first kappa shape index (κ1) is 13.8. The highest BCUT2D eigenvalue weighted by Gasteiger charge is 1.97. The fourth-order valence-corrected chi connectivity index (χ4v) is 1.59. The zero-order valence-corrected chi connectivity index (χ0v) is 11.0. The minimum atomic E-state index is -0.212. The van der Waals surface area contributed by atoms with Gasteiger partial charge in [-0.2, -0.15) is 11.8 Å². The third-order valence-corrected chi connectivity index (χ3v) is 2.81. The molecule has 1 rings (SSSR count). The van der Waals surface area contributed by atoms with E-state index in [9.17, 15) is 4.39 Å². The van der Waals surface area contributed by atoms with Crippen molar-refractivity contribution in [2.45, 2.75) is 6.54 Å². The Hall–Kier alpha value is -1.23. The molecule has 0 aromatic heterocycles. The van der Waals surface area contributed by atoms with E-state index in [4.69, 9.17) is 0 Å². The number of hydrogen-bond donors (Lipinski definition) is 2. The maximum atomic E-state index is 12.7. The zero-order chi connectivity index (χ0) is 12.5. The predicted molar refractivity (Wildman–Crippen MR) is 73.0 cm³/mol. The fourth-order valence-electron chi connectivity index (χ4n) is 1.28. The Labute approximate surface area is 106 Å². The summed E-state index contributed by atoms with van der Waals surface area (Å²) in [6, 6.07) is 6.44. The van der Waals surface area contributed by atoms with Crippen molar-refractivity contribution in [3.63, 3.8) is 0 Å². The van der Waals surface area contributed by atoms with Gasteiger partial charge in [0.1, 0.15) is 5.82 Å². The van der Waals surface area contributed by atoms with E-state index in [-0.39, 0.29) is 5.82 Å². The van der Waals surface area contributed by atoms with Crippen LogP contribution in [0.2, 0.25) is 0 Å². The van der Waals surface area contributed by atoms with Gasteiger partial charge in [0.15, 0.2) is 5.96 Å². The molecule has 0 aliphatic rings. The molecule has 0 bridgehead atoms. The first-order valence-electron chi connectivity index (χ1n) is 5.44. The second-order valence-electron chi connectivity index (χ2n) is 3.47. The van der Waals surface area contributed by atoms with Crippen molar-refractivity contribution < 1.29 is 4.39 Å². The third-order valence-electron chi connectivity index (χ3n) is 2.20. The van der Waals surface area contributed by atoms with Crippen LogP contribution in [0, 0.1) is 5.82 Å². The Morgan fingerprint density at radius 2 is 2.00 bits per heavy atom. The third kappa shape index (κ3) is 5.58. The lowest BCUT2D eigenvalue weighted by Gasteiger charge is -2.11. The highest BCUT2D eigenvalue weighted by Crippen LogP contribution is 2.01. The van der Waals surface area contributed by atoms with Crippen molar-refractivity contribution in [3.8, 4) is 0 Å². The molecule has 0 heterocycles. The smallest absolute Gasteiger partial charge is 0.191 e. The molecule has 1 aromatic rings. The molecule has 17 heavy (non-hydrogen) atoms. The first-order chi connectivity index (χ1) is 8.26. The van der Waals surface area contributed by atoms with Gasteiger partial charge in [0.05, 0.1) is 0 Å². The topological polar surface area (TPSA) is 36.4 Å². The minimum absolute atomic E-state index is 0.212. The molecule has 1 aromatic carbocycles. The molecule has 2 N–H and O–H groups in total. The Balaban J connectivity index is 2.35. The van der Waals surface area contributed by atoms with Crippen LogP contribution in [0.15, 0.2) is 29.3 Å². The van der Waals surface area contributed by atoms with E-state index in [0.29, 0.717) is 6.54 Å². The molecule has 0 aliphatic carbocycles. The molecule has 0 aliphatic heterocycles. The lowest BCUT2D eigenvalue weighted by Crippen LogP contribution is -2.37. The van der Waals surface area contributed by atoms with Crippen molar-refractivity contribution in [3.05, 3.63) is 35.6 Å². The van der Waals surface area contributed by atoms with E-state index in [1.807, 2.05) is 0 Å². The number of hydrogen-bond acceptors (Lipinski definition) is 2. The van der Waals surface area contributed by atoms with E-state index in [1.54, 1.807) is 30.9 Å². The summed E-state index contributed by atoms with van der Waals surface area (Å²) >= 11 is 1.78. The molecular formula is C12H18FN3S. The number of thioether (sulfide) groups is 1. The summed E-state index contributed by atoms with van der Waals surface area (Å²) in [4.78, 5) is 4.10. The summed E-state index contributed by atoms with van der Waals surface area (Å²) in [7, 11) is 1.74. The van der Waals surface area contributed by atoms with Crippen LogP contribution in [0.5, 0.6) is 0 Å². The van der Waals surface area contributed by atoms with Crippen LogP contribution in [-0.4, -0.2) is 31.6 Å². The average Bonchev–Trinajstić information content (AvgIpc) is 2.35. The van der Waals surface area contributed by atoms with Crippen LogP contribution in [0.1, 0.15) is 5.56 Å². The summed E-state index contributed by atoms with van der Waals surface area (Å²) in [5.41, 5.74) is 1.03. The van der Waals surface area contributed by atoms with Gasteiger partial charge >= 0.3 is 0 Å². The van der Waals surface area contributed by atoms with Gasteiger partial charge in [0.25, 0.3) is 0 Å². The summed E-state index contributed by atoms with van der Waals surface area (Å²) in [6.07, 6.45) is 2.07. The number of nitrogens with one attached hydrogen (secondary N) is 2. The van der Waals surface area contributed by atoms with Crippen molar-refractivity contribution in [2.75, 3.05) is 25.6 Å². The average molecular weight is 255 g/mol. The number of guanidine groups is 1. The largest absolute Gasteiger partial charge is 0.356 e. The molecule has 0 unspecified atom stereocenters. The molecule has 0 fully saturated rings. The van der Waals surface area contributed by atoms with E-state index in [2.05, 4.69) is 21.9 Å². The predicted octanol–water partition coefficient (Wildman–Crippen LogP) is 1.85. The van der Waals surface area contributed by atoms with Gasteiger partial charge in [-0.25, -0.2) is 4.39 Å². The molecule has 0 radical (unpaired) electrons. The maximum absolute atomic E-state index is 12.7. The summed E-state index contributed by atoms with van der Waals surface area (Å²) < 4.78 is 12.7. The lowest BCUT2D eigenvalue weighted by molar-refractivity contribution is 0.626. The molecule has 0 saturated carbocycles. The van der Waals surface area contributed by atoms with Gasteiger partial charge in [0.2, 0.25) is 0 Å². The highest BCUT2D eigenvalue weighted by molar-refractivity contribution is 7.98. The lowest BCUT2D eigenvalue weighted by atomic mass is 10.2. The molecule has 0 saturated heterocycles. The van der Waals surface area contributed by atoms with Crippen LogP contribution in [0.3, 0.4) is 0 Å². The van der Waals surface area contributed by atoms with Crippen LogP contribution < -0.4 is 10.6 Å². The molecular weight excluding hydrogens is 237 g/mol. The first-order valence-corrected chi connectivity index (χ1v) is 6.83. The standard InChI is InChI=1S/C12H18FN3S/c1-14-12(15-7-8-17-2)16-9-10-3-5-11(13)6-4-10/h3-6H,7-9H2,1-2H3,(H2,14,15,16). The number of nitrogens with zero attached hydrogens (tertiary/aromatic N) is 1. The number of aliphatic imine (C=N–C) groups is 1. The second kappa shape index (κ2) is 7.95. The van der Waals surface area contributed by atoms with Gasteiger partial charge in [-0.05, 0) is 24.0 Å². The normalized spacial score (nSPS) is 11.4. The van der Waals surface area contributed by atoms with Crippen molar-refractivity contribution in [1.29, 1.82) is 0 Å². The summed E-state index contributed by atoms with van der Waals surface area (Å²) in [5, 5.41) is 6.37. The van der Waals surface area contributed by atoms with Gasteiger partial charge < -0.3 is 10.6 Å². The zero-order valence-electron chi connectivity index (χ0n) is 10.2. The van der Waals surface area contributed by atoms with E-state index < -0.39 is 0 Å². The Bertz CT molecular complexity index is 351. The number of rotatable bonds is 5. The van der Waals surface area contributed by atoms with E-state index in [0.717, 1.165) is 23.8 Å². The Kier molecular flexibility index (Phi) is 6.47. The van der Waals surface area contributed by atoms with Crippen LogP contribution >= 0.6 is 11.8 Å². The molecule has 0 spiro atoms. The quantitative estimate of drug-likeness (QED) is 0.479. The van der Waals surface area contributed by atoms with Gasteiger partial charge in [-0.15, -0.1) is 0 Å². The summed E-state index contributed by atoms with van der Waals surface area (Å²) in [6.45, 7) is 1.52. The monoisotopic (exact) mass is 255 g/mol. The molecule has 3 nitrogen and oxygen atoms in total. The van der Waals surface area contributed by atoms with Gasteiger partial charge in [0, 0.05) is 25.9 Å². The molecule has 0 amide bonds. The maximum Gasteiger partial charge on any atom is 0.191 e.